The van der Waals surface area contributed by atoms with Crippen LogP contribution in [0, 0.1) is 0 Å². The molecule has 0 aliphatic heterocycles. The second-order valence-corrected chi connectivity index (χ2v) is 15.7. The summed E-state index contributed by atoms with van der Waals surface area (Å²) in [6, 6.07) is 83.0. The summed E-state index contributed by atoms with van der Waals surface area (Å²) in [5, 5.41) is 7.17. The highest BCUT2D eigenvalue weighted by Gasteiger charge is 2.19. The van der Waals surface area contributed by atoms with Crippen molar-refractivity contribution in [2.24, 2.45) is 0 Å². The highest BCUT2D eigenvalue weighted by atomic mass is 16.3. The van der Waals surface area contributed by atoms with Gasteiger partial charge in [0.05, 0.1) is 16.7 Å². The van der Waals surface area contributed by atoms with Crippen molar-refractivity contribution in [3.05, 3.63) is 231 Å². The van der Waals surface area contributed by atoms with Gasteiger partial charge in [0, 0.05) is 44.2 Å². The van der Waals surface area contributed by atoms with E-state index in [1.165, 1.54) is 49.3 Å². The third-order valence-corrected chi connectivity index (χ3v) is 12.2. The molecule has 0 unspecified atom stereocenters. The first-order valence-electron chi connectivity index (χ1n) is 20.8. The summed E-state index contributed by atoms with van der Waals surface area (Å²) < 4.78 is 8.63. The van der Waals surface area contributed by atoms with E-state index in [0.717, 1.165) is 61.4 Å². The quantitative estimate of drug-likeness (QED) is 0.161. The van der Waals surface area contributed by atoms with Crippen LogP contribution in [-0.2, 0) is 0 Å². The third-order valence-electron chi connectivity index (χ3n) is 12.2. The first-order valence-corrected chi connectivity index (χ1v) is 20.8. The molecule has 3 heteroatoms. The summed E-state index contributed by atoms with van der Waals surface area (Å²) in [5.74, 6) is 0. The van der Waals surface area contributed by atoms with E-state index in [4.69, 9.17) is 4.42 Å². The van der Waals surface area contributed by atoms with E-state index < -0.39 is 0 Å². The standard InChI is InChI=1S/C58H38N2O/c1-2-13-40(14-3-1)49-17-4-8-21-54(49)59(48-33-29-43-35-42(25-26-44(43)37-48)45-30-34-53-52-20-7-11-24-57(52)61-58(53)38-45)46-31-27-39(28-32-46)41-15-12-16-47(36-41)60-55-22-9-5-18-50(55)51-19-6-10-23-56(51)60/h1-38H. The smallest absolute Gasteiger partial charge is 0.136 e. The fraction of sp³-hybridized carbons (Fsp3) is 0. The Morgan fingerprint density at radius 3 is 1.72 bits per heavy atom. The van der Waals surface area contributed by atoms with E-state index in [-0.39, 0.29) is 0 Å². The van der Waals surface area contributed by atoms with Gasteiger partial charge in [-0.15, -0.1) is 0 Å². The summed E-state index contributed by atoms with van der Waals surface area (Å²) in [6.45, 7) is 0. The van der Waals surface area contributed by atoms with Crippen LogP contribution in [0.3, 0.4) is 0 Å². The topological polar surface area (TPSA) is 21.3 Å². The van der Waals surface area contributed by atoms with Crippen molar-refractivity contribution in [2.75, 3.05) is 4.90 Å². The molecule has 10 aromatic carbocycles. The number of hydrogen-bond donors (Lipinski definition) is 0. The van der Waals surface area contributed by atoms with Crippen LogP contribution >= 0.6 is 0 Å². The summed E-state index contributed by atoms with van der Waals surface area (Å²) in [5.41, 5.74) is 15.6. The lowest BCUT2D eigenvalue weighted by Crippen LogP contribution is -2.11. The number of furan rings is 1. The molecule has 0 amide bonds. The summed E-state index contributed by atoms with van der Waals surface area (Å²) in [6.07, 6.45) is 0. The minimum atomic E-state index is 0.906. The summed E-state index contributed by atoms with van der Waals surface area (Å²) in [7, 11) is 0. The molecule has 0 atom stereocenters. The van der Waals surface area contributed by atoms with Crippen LogP contribution in [0.2, 0.25) is 0 Å². The lowest BCUT2D eigenvalue weighted by molar-refractivity contribution is 0.669. The number of hydrogen-bond acceptors (Lipinski definition) is 2. The van der Waals surface area contributed by atoms with Crippen LogP contribution in [0.4, 0.5) is 17.1 Å². The van der Waals surface area contributed by atoms with Gasteiger partial charge in [-0.3, -0.25) is 0 Å². The van der Waals surface area contributed by atoms with Crippen LogP contribution in [-0.4, -0.2) is 4.57 Å². The fourth-order valence-electron chi connectivity index (χ4n) is 9.24. The predicted octanol–water partition coefficient (Wildman–Crippen LogP) is 16.3. The zero-order chi connectivity index (χ0) is 40.3. The highest BCUT2D eigenvalue weighted by molar-refractivity contribution is 6.09. The average molecular weight is 779 g/mol. The maximum absolute atomic E-state index is 6.24. The van der Waals surface area contributed by atoms with E-state index in [1.807, 2.05) is 12.1 Å². The third kappa shape index (κ3) is 5.98. The zero-order valence-electron chi connectivity index (χ0n) is 33.2. The first kappa shape index (κ1) is 34.9. The van der Waals surface area contributed by atoms with E-state index in [2.05, 4.69) is 228 Å². The fourth-order valence-corrected chi connectivity index (χ4v) is 9.24. The maximum atomic E-state index is 6.24. The lowest BCUT2D eigenvalue weighted by atomic mass is 9.98. The molecule has 0 saturated heterocycles. The Balaban J connectivity index is 0.939. The Morgan fingerprint density at radius 2 is 0.902 bits per heavy atom. The van der Waals surface area contributed by atoms with Crippen molar-refractivity contribution < 1.29 is 4.42 Å². The number of aromatic nitrogens is 1. The SMILES string of the molecule is c1ccc(-c2ccccc2N(c2ccc(-c3cccc(-n4c5ccccc5c5ccccc54)c3)cc2)c2ccc3cc(-c4ccc5c(c4)oc4ccccc45)ccc3c2)cc1. The Bertz CT molecular complexity index is 3540. The molecule has 0 spiro atoms. The van der Waals surface area contributed by atoms with Crippen LogP contribution in [0.15, 0.2) is 235 Å². The predicted molar refractivity (Wildman–Crippen MR) is 257 cm³/mol. The molecule has 0 fully saturated rings. The van der Waals surface area contributed by atoms with Crippen molar-refractivity contribution in [3.63, 3.8) is 0 Å². The first-order chi connectivity index (χ1) is 30.2. The molecular weight excluding hydrogens is 741 g/mol. The number of benzene rings is 10. The Kier molecular flexibility index (Phi) is 8.17. The van der Waals surface area contributed by atoms with Gasteiger partial charge < -0.3 is 13.9 Å². The molecule has 0 saturated carbocycles. The average Bonchev–Trinajstić information content (AvgIpc) is 3.88. The van der Waals surface area contributed by atoms with Gasteiger partial charge in [-0.05, 0) is 117 Å². The second kappa shape index (κ2) is 14.3. The maximum Gasteiger partial charge on any atom is 0.136 e. The van der Waals surface area contributed by atoms with Crippen molar-refractivity contribution in [1.82, 2.24) is 4.57 Å². The van der Waals surface area contributed by atoms with E-state index in [1.54, 1.807) is 0 Å². The van der Waals surface area contributed by atoms with Gasteiger partial charge in [-0.2, -0.15) is 0 Å². The normalized spacial score (nSPS) is 11.6. The zero-order valence-corrected chi connectivity index (χ0v) is 33.2. The minimum absolute atomic E-state index is 0.906. The highest BCUT2D eigenvalue weighted by Crippen LogP contribution is 2.43. The van der Waals surface area contributed by atoms with Crippen LogP contribution in [0.1, 0.15) is 0 Å². The largest absolute Gasteiger partial charge is 0.456 e. The van der Waals surface area contributed by atoms with Crippen molar-refractivity contribution in [2.45, 2.75) is 0 Å². The van der Waals surface area contributed by atoms with Gasteiger partial charge in [-0.1, -0.05) is 152 Å². The molecule has 61 heavy (non-hydrogen) atoms. The lowest BCUT2D eigenvalue weighted by Gasteiger charge is -2.28. The number of nitrogens with zero attached hydrogens (tertiary/aromatic N) is 2. The van der Waals surface area contributed by atoms with Gasteiger partial charge in [0.1, 0.15) is 11.2 Å². The van der Waals surface area contributed by atoms with Gasteiger partial charge in [0.2, 0.25) is 0 Å². The monoisotopic (exact) mass is 778 g/mol. The summed E-state index contributed by atoms with van der Waals surface area (Å²) in [4.78, 5) is 2.39. The Hall–Kier alpha value is -8.14. The number of para-hydroxylation sites is 4. The Morgan fingerprint density at radius 1 is 0.328 bits per heavy atom. The molecule has 2 aromatic heterocycles. The van der Waals surface area contributed by atoms with E-state index in [9.17, 15) is 0 Å². The van der Waals surface area contributed by atoms with E-state index in [0.29, 0.717) is 0 Å². The van der Waals surface area contributed by atoms with Gasteiger partial charge >= 0.3 is 0 Å². The second-order valence-electron chi connectivity index (χ2n) is 15.7. The number of anilines is 3. The van der Waals surface area contributed by atoms with Crippen molar-refractivity contribution in [3.8, 4) is 39.1 Å². The molecule has 12 rings (SSSR count). The Labute approximate surface area is 353 Å². The van der Waals surface area contributed by atoms with Crippen LogP contribution in [0.5, 0.6) is 0 Å². The molecule has 3 nitrogen and oxygen atoms in total. The molecule has 286 valence electrons. The van der Waals surface area contributed by atoms with Crippen LogP contribution < -0.4 is 4.90 Å². The molecule has 0 aliphatic rings. The van der Waals surface area contributed by atoms with Crippen molar-refractivity contribution in [1.29, 1.82) is 0 Å². The molecular formula is C58H38N2O. The van der Waals surface area contributed by atoms with E-state index >= 15 is 0 Å². The van der Waals surface area contributed by atoms with Gasteiger partial charge in [-0.25, -0.2) is 0 Å². The molecule has 0 radical (unpaired) electrons. The number of fused-ring (bicyclic) bond motifs is 7. The molecule has 12 aromatic rings. The number of rotatable bonds is 7. The van der Waals surface area contributed by atoms with Crippen LogP contribution in [0.25, 0.3) is 93.6 Å². The molecule has 0 N–H and O–H groups in total. The molecule has 0 aliphatic carbocycles. The molecule has 0 bridgehead atoms. The minimum Gasteiger partial charge on any atom is -0.456 e. The molecule has 2 heterocycles. The van der Waals surface area contributed by atoms with Gasteiger partial charge in [0.25, 0.3) is 0 Å². The van der Waals surface area contributed by atoms with Crippen molar-refractivity contribution >= 4 is 71.6 Å². The van der Waals surface area contributed by atoms with Gasteiger partial charge in [0.15, 0.2) is 0 Å². The summed E-state index contributed by atoms with van der Waals surface area (Å²) >= 11 is 0.